The van der Waals surface area contributed by atoms with Gasteiger partial charge in [0.15, 0.2) is 0 Å². The van der Waals surface area contributed by atoms with Crippen molar-refractivity contribution in [1.82, 2.24) is 10.3 Å². The average Bonchev–Trinajstić information content (AvgIpc) is 2.66. The number of pyridine rings is 1. The summed E-state index contributed by atoms with van der Waals surface area (Å²) in [7, 11) is 1.80. The fraction of sp³-hybridized carbons (Fsp3) is 0.583. The Morgan fingerprint density at radius 1 is 1.56 bits per heavy atom. The first-order valence-corrected chi connectivity index (χ1v) is 5.82. The van der Waals surface area contributed by atoms with Crippen molar-refractivity contribution in [2.24, 2.45) is 0 Å². The summed E-state index contributed by atoms with van der Waals surface area (Å²) in [6, 6.07) is 4.68. The summed E-state index contributed by atoms with van der Waals surface area (Å²) in [5, 5.41) is 3.48. The molecule has 1 aromatic rings. The van der Waals surface area contributed by atoms with Crippen molar-refractivity contribution in [1.29, 1.82) is 0 Å². The lowest BCUT2D eigenvalue weighted by Gasteiger charge is -2.23. The highest BCUT2D eigenvalue weighted by Crippen LogP contribution is 2.29. The van der Waals surface area contributed by atoms with Crippen molar-refractivity contribution in [2.45, 2.75) is 25.1 Å². The van der Waals surface area contributed by atoms with Gasteiger partial charge in [0.2, 0.25) is 0 Å². The molecule has 2 aliphatic heterocycles. The summed E-state index contributed by atoms with van der Waals surface area (Å²) in [5.74, 6) is 1.14. The minimum absolute atomic E-state index is 0.347. The molecule has 1 saturated heterocycles. The smallest absolute Gasteiger partial charge is 0.133 e. The van der Waals surface area contributed by atoms with E-state index in [1.54, 1.807) is 7.11 Å². The molecule has 16 heavy (non-hydrogen) atoms. The minimum atomic E-state index is 0.347. The monoisotopic (exact) mass is 219 g/mol. The summed E-state index contributed by atoms with van der Waals surface area (Å²) in [5.41, 5.74) is 1.29. The predicted molar refractivity (Wildman–Crippen MR) is 62.5 cm³/mol. The molecule has 0 unspecified atom stereocenters. The highest BCUT2D eigenvalue weighted by Gasteiger charge is 2.35. The van der Waals surface area contributed by atoms with Gasteiger partial charge in [0.1, 0.15) is 5.82 Å². The van der Waals surface area contributed by atoms with Crippen LogP contribution in [0, 0.1) is 0 Å². The van der Waals surface area contributed by atoms with E-state index in [9.17, 15) is 0 Å². The van der Waals surface area contributed by atoms with E-state index in [1.165, 1.54) is 5.56 Å². The third kappa shape index (κ3) is 1.58. The number of methoxy groups -OCH3 is 1. The van der Waals surface area contributed by atoms with Crippen molar-refractivity contribution in [3.63, 3.8) is 0 Å². The van der Waals surface area contributed by atoms with Crippen LogP contribution in [0.2, 0.25) is 0 Å². The van der Waals surface area contributed by atoms with Gasteiger partial charge in [0.25, 0.3) is 0 Å². The zero-order valence-electron chi connectivity index (χ0n) is 9.52. The van der Waals surface area contributed by atoms with E-state index in [4.69, 9.17) is 4.74 Å². The Kier molecular flexibility index (Phi) is 2.53. The molecule has 86 valence electrons. The number of rotatable bonds is 1. The Labute approximate surface area is 95.6 Å². The molecule has 1 N–H and O–H groups in total. The molecular formula is C12H17N3O. The van der Waals surface area contributed by atoms with Crippen LogP contribution in [0.3, 0.4) is 0 Å². The number of anilines is 1. The third-order valence-electron chi connectivity index (χ3n) is 3.54. The SMILES string of the molecule is CO[C@@H]1C[C@H]2CNCc3cccnc3N2C1. The standard InChI is InChI=1S/C12H17N3O/c1-16-11-5-10-7-13-6-9-3-2-4-14-12(9)15(10)8-11/h2-4,10-11,13H,5-8H2,1H3/t10-,11+/m0/s1. The predicted octanol–water partition coefficient (Wildman–Crippen LogP) is 0.778. The molecule has 0 aromatic carbocycles. The Hall–Kier alpha value is -1.13. The van der Waals surface area contributed by atoms with Gasteiger partial charge in [-0.3, -0.25) is 0 Å². The van der Waals surface area contributed by atoms with Gasteiger partial charge in [0.05, 0.1) is 6.10 Å². The summed E-state index contributed by atoms with van der Waals surface area (Å²) in [6.07, 6.45) is 3.32. The first-order chi connectivity index (χ1) is 7.88. The molecule has 0 saturated carbocycles. The molecule has 0 aliphatic carbocycles. The second-order valence-electron chi connectivity index (χ2n) is 4.52. The van der Waals surface area contributed by atoms with Gasteiger partial charge in [-0.15, -0.1) is 0 Å². The number of aromatic nitrogens is 1. The Morgan fingerprint density at radius 3 is 3.38 bits per heavy atom. The largest absolute Gasteiger partial charge is 0.380 e. The van der Waals surface area contributed by atoms with Crippen LogP contribution in [0.5, 0.6) is 0 Å². The van der Waals surface area contributed by atoms with Crippen LogP contribution in [0.4, 0.5) is 5.82 Å². The normalized spacial score (nSPS) is 28.4. The minimum Gasteiger partial charge on any atom is -0.380 e. The molecule has 4 nitrogen and oxygen atoms in total. The maximum absolute atomic E-state index is 5.46. The van der Waals surface area contributed by atoms with E-state index in [2.05, 4.69) is 21.3 Å². The topological polar surface area (TPSA) is 37.4 Å². The summed E-state index contributed by atoms with van der Waals surface area (Å²) in [4.78, 5) is 6.91. The van der Waals surface area contributed by atoms with Crippen molar-refractivity contribution in [3.8, 4) is 0 Å². The highest BCUT2D eigenvalue weighted by molar-refractivity contribution is 5.50. The van der Waals surface area contributed by atoms with Crippen molar-refractivity contribution >= 4 is 5.82 Å². The summed E-state index contributed by atoms with van der Waals surface area (Å²) >= 11 is 0. The van der Waals surface area contributed by atoms with Gasteiger partial charge >= 0.3 is 0 Å². The van der Waals surface area contributed by atoms with Crippen molar-refractivity contribution in [2.75, 3.05) is 25.1 Å². The van der Waals surface area contributed by atoms with E-state index < -0.39 is 0 Å². The van der Waals surface area contributed by atoms with Gasteiger partial charge in [-0.2, -0.15) is 0 Å². The number of nitrogens with one attached hydrogen (secondary N) is 1. The molecule has 1 fully saturated rings. The molecule has 3 rings (SSSR count). The quantitative estimate of drug-likeness (QED) is 0.757. The molecule has 1 aromatic heterocycles. The highest BCUT2D eigenvalue weighted by atomic mass is 16.5. The van der Waals surface area contributed by atoms with Gasteiger partial charge < -0.3 is 15.0 Å². The third-order valence-corrected chi connectivity index (χ3v) is 3.54. The molecule has 0 radical (unpaired) electrons. The fourth-order valence-electron chi connectivity index (χ4n) is 2.70. The van der Waals surface area contributed by atoms with E-state index in [0.717, 1.165) is 31.9 Å². The van der Waals surface area contributed by atoms with Gasteiger partial charge in [-0.05, 0) is 12.5 Å². The first-order valence-electron chi connectivity index (χ1n) is 5.82. The number of ether oxygens (including phenoxy) is 1. The molecule has 3 heterocycles. The van der Waals surface area contributed by atoms with Crippen LogP contribution in [0.25, 0.3) is 0 Å². The maximum Gasteiger partial charge on any atom is 0.133 e. The van der Waals surface area contributed by atoms with Crippen LogP contribution in [-0.4, -0.2) is 37.3 Å². The van der Waals surface area contributed by atoms with Crippen LogP contribution >= 0.6 is 0 Å². The van der Waals surface area contributed by atoms with Crippen LogP contribution in [0.15, 0.2) is 18.3 Å². The maximum atomic E-state index is 5.46. The number of hydrogen-bond acceptors (Lipinski definition) is 4. The Bertz CT molecular complexity index is 382. The van der Waals surface area contributed by atoms with Crippen LogP contribution in [-0.2, 0) is 11.3 Å². The average molecular weight is 219 g/mol. The molecule has 2 atom stereocenters. The Morgan fingerprint density at radius 2 is 2.50 bits per heavy atom. The Balaban J connectivity index is 1.95. The van der Waals surface area contributed by atoms with E-state index >= 15 is 0 Å². The molecule has 0 bridgehead atoms. The number of nitrogens with zero attached hydrogens (tertiary/aromatic N) is 2. The van der Waals surface area contributed by atoms with Gasteiger partial charge in [-0.1, -0.05) is 6.07 Å². The van der Waals surface area contributed by atoms with Crippen LogP contribution in [0.1, 0.15) is 12.0 Å². The second-order valence-corrected chi connectivity index (χ2v) is 4.52. The van der Waals surface area contributed by atoms with Gasteiger partial charge in [0, 0.05) is 44.5 Å². The zero-order valence-corrected chi connectivity index (χ0v) is 9.52. The molecule has 0 spiro atoms. The van der Waals surface area contributed by atoms with Crippen molar-refractivity contribution < 1.29 is 4.74 Å². The lowest BCUT2D eigenvalue weighted by Crippen LogP contribution is -2.35. The van der Waals surface area contributed by atoms with E-state index in [1.807, 2.05) is 12.3 Å². The number of fused-ring (bicyclic) bond motifs is 3. The molecule has 4 heteroatoms. The molecular weight excluding hydrogens is 202 g/mol. The molecule has 0 amide bonds. The first kappa shape index (κ1) is 10.1. The fourth-order valence-corrected chi connectivity index (χ4v) is 2.70. The van der Waals surface area contributed by atoms with Gasteiger partial charge in [-0.25, -0.2) is 4.98 Å². The molecule has 2 aliphatic rings. The van der Waals surface area contributed by atoms with Crippen molar-refractivity contribution in [3.05, 3.63) is 23.9 Å². The lowest BCUT2D eigenvalue weighted by atomic mass is 10.2. The van der Waals surface area contributed by atoms with E-state index in [-0.39, 0.29) is 0 Å². The number of hydrogen-bond donors (Lipinski definition) is 1. The summed E-state index contributed by atoms with van der Waals surface area (Å²) in [6.45, 7) is 2.91. The van der Waals surface area contributed by atoms with Crippen LogP contribution < -0.4 is 10.2 Å². The lowest BCUT2D eigenvalue weighted by molar-refractivity contribution is 0.118. The zero-order chi connectivity index (χ0) is 11.0. The summed E-state index contributed by atoms with van der Waals surface area (Å²) < 4.78 is 5.46. The van der Waals surface area contributed by atoms with E-state index in [0.29, 0.717) is 12.1 Å². The second kappa shape index (κ2) is 4.03.